The molecule has 4 heteroatoms. The minimum atomic E-state index is 0.539. The lowest BCUT2D eigenvalue weighted by molar-refractivity contribution is 0.443. The summed E-state index contributed by atoms with van der Waals surface area (Å²) in [6.45, 7) is 7.76. The maximum absolute atomic E-state index is 4.88. The zero-order valence-electron chi connectivity index (χ0n) is 14.4. The zero-order valence-corrected chi connectivity index (χ0v) is 14.4. The summed E-state index contributed by atoms with van der Waals surface area (Å²) >= 11 is 0. The molecule has 1 N–H and O–H groups in total. The zero-order chi connectivity index (χ0) is 16.8. The van der Waals surface area contributed by atoms with Gasteiger partial charge in [-0.05, 0) is 25.7 Å². The molecule has 1 unspecified atom stereocenters. The van der Waals surface area contributed by atoms with Gasteiger partial charge in [-0.25, -0.2) is 4.98 Å². The maximum atomic E-state index is 4.88. The number of nitrogens with zero attached hydrogens (tertiary/aromatic N) is 3. The van der Waals surface area contributed by atoms with Crippen molar-refractivity contribution in [3.63, 3.8) is 0 Å². The average molecular weight is 322 g/mol. The van der Waals surface area contributed by atoms with E-state index in [1.807, 2.05) is 30.3 Å². The molecule has 0 saturated carbocycles. The number of piperidine rings is 1. The third-order valence-corrected chi connectivity index (χ3v) is 4.57. The second-order valence-corrected chi connectivity index (χ2v) is 6.23. The summed E-state index contributed by atoms with van der Waals surface area (Å²) in [5, 5.41) is 3.32. The van der Waals surface area contributed by atoms with Gasteiger partial charge < -0.3 is 10.2 Å². The second-order valence-electron chi connectivity index (χ2n) is 6.23. The number of hydrogen-bond donors (Lipinski definition) is 1. The van der Waals surface area contributed by atoms with E-state index < -0.39 is 0 Å². The highest BCUT2D eigenvalue weighted by Gasteiger charge is 2.24. The molecule has 0 aliphatic carbocycles. The highest BCUT2D eigenvalue weighted by molar-refractivity contribution is 5.64. The Kier molecular flexibility index (Phi) is 5.47. The first-order valence-corrected chi connectivity index (χ1v) is 8.87. The van der Waals surface area contributed by atoms with E-state index in [1.165, 1.54) is 19.3 Å². The van der Waals surface area contributed by atoms with Gasteiger partial charge in [0, 0.05) is 30.8 Å². The minimum absolute atomic E-state index is 0.539. The third-order valence-electron chi connectivity index (χ3n) is 4.57. The van der Waals surface area contributed by atoms with E-state index >= 15 is 0 Å². The first kappa shape index (κ1) is 16.5. The Bertz CT molecular complexity index is 669. The van der Waals surface area contributed by atoms with Crippen LogP contribution >= 0.6 is 0 Å². The fourth-order valence-electron chi connectivity index (χ4n) is 3.28. The molecule has 126 valence electrons. The summed E-state index contributed by atoms with van der Waals surface area (Å²) in [6.07, 6.45) is 6.72. The topological polar surface area (TPSA) is 41.1 Å². The molecule has 1 aromatic carbocycles. The third kappa shape index (κ3) is 3.75. The lowest BCUT2D eigenvalue weighted by Crippen LogP contribution is -2.40. The van der Waals surface area contributed by atoms with Crippen molar-refractivity contribution >= 4 is 11.8 Å². The number of nitrogens with one attached hydrogen (secondary N) is 1. The van der Waals surface area contributed by atoms with Gasteiger partial charge in [0.15, 0.2) is 0 Å². The standard InChI is InChI=1S/C20H26N4/c1-3-13-21-19-15-18(16-10-6-5-7-11-16)22-20(23-19)24-14-9-8-12-17(24)4-2/h3,5-7,10-11,15,17H,1,4,8-9,12-14H2,2H3,(H,21,22,23). The van der Waals surface area contributed by atoms with Crippen LogP contribution in [0.5, 0.6) is 0 Å². The highest BCUT2D eigenvalue weighted by atomic mass is 15.3. The summed E-state index contributed by atoms with van der Waals surface area (Å²) in [6, 6.07) is 12.9. The number of aromatic nitrogens is 2. The molecule has 3 rings (SSSR count). The molecule has 1 atom stereocenters. The van der Waals surface area contributed by atoms with Gasteiger partial charge in [-0.1, -0.05) is 43.3 Å². The Balaban J connectivity index is 1.99. The van der Waals surface area contributed by atoms with Crippen molar-refractivity contribution in [3.05, 3.63) is 49.1 Å². The van der Waals surface area contributed by atoms with Crippen LogP contribution < -0.4 is 10.2 Å². The van der Waals surface area contributed by atoms with E-state index in [0.29, 0.717) is 12.6 Å². The molecule has 0 radical (unpaired) electrons. The van der Waals surface area contributed by atoms with Crippen LogP contribution in [0.4, 0.5) is 11.8 Å². The van der Waals surface area contributed by atoms with Crippen LogP contribution in [-0.2, 0) is 0 Å². The lowest BCUT2D eigenvalue weighted by atomic mass is 10.0. The molecular formula is C20H26N4. The van der Waals surface area contributed by atoms with Gasteiger partial charge in [-0.3, -0.25) is 0 Å². The van der Waals surface area contributed by atoms with Crippen LogP contribution in [0.3, 0.4) is 0 Å². The summed E-state index contributed by atoms with van der Waals surface area (Å²) in [5.74, 6) is 1.70. The minimum Gasteiger partial charge on any atom is -0.366 e. The van der Waals surface area contributed by atoms with Crippen LogP contribution in [0.15, 0.2) is 49.1 Å². The van der Waals surface area contributed by atoms with Gasteiger partial charge in [0.05, 0.1) is 5.69 Å². The molecule has 2 aromatic rings. The van der Waals surface area contributed by atoms with Crippen molar-refractivity contribution in [1.82, 2.24) is 9.97 Å². The maximum Gasteiger partial charge on any atom is 0.228 e. The molecule has 0 spiro atoms. The Morgan fingerprint density at radius 2 is 2.08 bits per heavy atom. The van der Waals surface area contributed by atoms with Gasteiger partial charge in [-0.2, -0.15) is 4.98 Å². The lowest BCUT2D eigenvalue weighted by Gasteiger charge is -2.35. The average Bonchev–Trinajstić information content (AvgIpc) is 2.66. The van der Waals surface area contributed by atoms with E-state index in [-0.39, 0.29) is 0 Å². The van der Waals surface area contributed by atoms with Crippen LogP contribution in [0.1, 0.15) is 32.6 Å². The van der Waals surface area contributed by atoms with Gasteiger partial charge >= 0.3 is 0 Å². The van der Waals surface area contributed by atoms with Crippen molar-refractivity contribution in [2.75, 3.05) is 23.3 Å². The van der Waals surface area contributed by atoms with Gasteiger partial charge in [-0.15, -0.1) is 6.58 Å². The van der Waals surface area contributed by atoms with Crippen molar-refractivity contribution in [2.45, 2.75) is 38.6 Å². The normalized spacial score (nSPS) is 17.5. The van der Waals surface area contributed by atoms with E-state index in [1.54, 1.807) is 0 Å². The molecule has 0 amide bonds. The van der Waals surface area contributed by atoms with E-state index in [9.17, 15) is 0 Å². The summed E-state index contributed by atoms with van der Waals surface area (Å²) in [7, 11) is 0. The smallest absolute Gasteiger partial charge is 0.228 e. The SMILES string of the molecule is C=CCNc1cc(-c2ccccc2)nc(N2CCCCC2CC)n1. The first-order valence-electron chi connectivity index (χ1n) is 8.87. The molecule has 0 bridgehead atoms. The predicted octanol–water partition coefficient (Wildman–Crippen LogP) is 4.51. The highest BCUT2D eigenvalue weighted by Crippen LogP contribution is 2.28. The molecule has 1 saturated heterocycles. The van der Waals surface area contributed by atoms with Crippen LogP contribution in [0.25, 0.3) is 11.3 Å². The van der Waals surface area contributed by atoms with Gasteiger partial charge in [0.2, 0.25) is 5.95 Å². The molecule has 1 aliphatic rings. The monoisotopic (exact) mass is 322 g/mol. The molecule has 1 aliphatic heterocycles. The van der Waals surface area contributed by atoms with Crippen molar-refractivity contribution < 1.29 is 0 Å². The molecule has 1 aromatic heterocycles. The van der Waals surface area contributed by atoms with E-state index in [4.69, 9.17) is 9.97 Å². The second kappa shape index (κ2) is 7.95. The number of anilines is 2. The van der Waals surface area contributed by atoms with Crippen LogP contribution in [0, 0.1) is 0 Å². The van der Waals surface area contributed by atoms with Crippen molar-refractivity contribution in [1.29, 1.82) is 0 Å². The summed E-state index contributed by atoms with van der Waals surface area (Å²) in [5.41, 5.74) is 2.08. The Morgan fingerprint density at radius 3 is 2.83 bits per heavy atom. The van der Waals surface area contributed by atoms with E-state index in [2.05, 4.69) is 35.9 Å². The van der Waals surface area contributed by atoms with Crippen LogP contribution in [-0.4, -0.2) is 29.1 Å². The number of hydrogen-bond acceptors (Lipinski definition) is 4. The first-order chi connectivity index (χ1) is 11.8. The van der Waals surface area contributed by atoms with Gasteiger partial charge in [0.25, 0.3) is 0 Å². The summed E-state index contributed by atoms with van der Waals surface area (Å²) in [4.78, 5) is 12.0. The fourth-order valence-corrected chi connectivity index (χ4v) is 3.28. The molecule has 2 heterocycles. The van der Waals surface area contributed by atoms with Gasteiger partial charge in [0.1, 0.15) is 5.82 Å². The Morgan fingerprint density at radius 1 is 1.25 bits per heavy atom. The molecule has 1 fully saturated rings. The van der Waals surface area contributed by atoms with E-state index in [0.717, 1.165) is 36.0 Å². The molecule has 4 nitrogen and oxygen atoms in total. The Labute approximate surface area is 144 Å². The number of benzene rings is 1. The fraction of sp³-hybridized carbons (Fsp3) is 0.400. The predicted molar refractivity (Wildman–Crippen MR) is 101 cm³/mol. The quantitative estimate of drug-likeness (QED) is 0.794. The number of rotatable bonds is 6. The van der Waals surface area contributed by atoms with Crippen molar-refractivity contribution in [3.8, 4) is 11.3 Å². The molecular weight excluding hydrogens is 296 g/mol. The summed E-state index contributed by atoms with van der Waals surface area (Å²) < 4.78 is 0. The van der Waals surface area contributed by atoms with Crippen molar-refractivity contribution in [2.24, 2.45) is 0 Å². The van der Waals surface area contributed by atoms with Crippen LogP contribution in [0.2, 0.25) is 0 Å². The largest absolute Gasteiger partial charge is 0.366 e. The molecule has 24 heavy (non-hydrogen) atoms. The Hall–Kier alpha value is -2.36.